The minimum Gasteiger partial charge on any atom is -0.376 e. The summed E-state index contributed by atoms with van der Waals surface area (Å²) in [5, 5.41) is 9.17. The lowest BCUT2D eigenvalue weighted by Gasteiger charge is -2.02. The van der Waals surface area contributed by atoms with Gasteiger partial charge in [-0.1, -0.05) is 30.2 Å². The predicted molar refractivity (Wildman–Crippen MR) is 45.6 cm³/mol. The van der Waals surface area contributed by atoms with Gasteiger partial charge < -0.3 is 5.11 Å². The molecule has 0 aliphatic rings. The molecule has 2 nitrogen and oxygen atoms in total. The molecule has 1 N–H and O–H groups in total. The molecular weight excluding hydrogens is 152 g/mol. The molecule has 1 aromatic rings. The summed E-state index contributed by atoms with van der Waals surface area (Å²) in [4.78, 5) is 10.3. The summed E-state index contributed by atoms with van der Waals surface area (Å²) in [6.45, 7) is 0. The van der Waals surface area contributed by atoms with Crippen molar-refractivity contribution in [1.29, 1.82) is 0 Å². The zero-order valence-electron chi connectivity index (χ0n) is 6.40. The zero-order chi connectivity index (χ0) is 8.97. The first-order valence-corrected chi connectivity index (χ1v) is 3.47. The van der Waals surface area contributed by atoms with E-state index in [9.17, 15) is 4.79 Å². The quantitative estimate of drug-likeness (QED) is 0.520. The van der Waals surface area contributed by atoms with Gasteiger partial charge in [0.25, 0.3) is 0 Å². The molecule has 0 saturated heterocycles. The Morgan fingerprint density at radius 2 is 2.00 bits per heavy atom. The first-order valence-electron chi connectivity index (χ1n) is 3.47. The summed E-state index contributed by atoms with van der Waals surface area (Å²) in [5.74, 6) is 2.19. The first-order chi connectivity index (χ1) is 5.77. The van der Waals surface area contributed by atoms with Gasteiger partial charge in [-0.2, -0.15) is 0 Å². The van der Waals surface area contributed by atoms with Crippen LogP contribution in [-0.4, -0.2) is 11.4 Å². The van der Waals surface area contributed by atoms with Crippen LogP contribution in [0.15, 0.2) is 24.3 Å². The molecular formula is C10H8O2. The van der Waals surface area contributed by atoms with Crippen LogP contribution in [0.2, 0.25) is 0 Å². The van der Waals surface area contributed by atoms with Crippen molar-refractivity contribution in [3.05, 3.63) is 35.4 Å². The summed E-state index contributed by atoms with van der Waals surface area (Å²) >= 11 is 0. The Kier molecular flexibility index (Phi) is 2.62. The van der Waals surface area contributed by atoms with Gasteiger partial charge >= 0.3 is 0 Å². The van der Waals surface area contributed by atoms with Crippen LogP contribution in [0, 0.1) is 12.3 Å². The average molecular weight is 160 g/mol. The predicted octanol–water partition coefficient (Wildman–Crippen LogP) is 1.17. The molecule has 0 aliphatic heterocycles. The molecule has 0 spiro atoms. The third kappa shape index (κ3) is 1.71. The number of hydrogen-bond donors (Lipinski definition) is 1. The van der Waals surface area contributed by atoms with Gasteiger partial charge in [0.15, 0.2) is 0 Å². The number of rotatable bonds is 2. The number of benzene rings is 1. The van der Waals surface area contributed by atoms with Crippen LogP contribution >= 0.6 is 0 Å². The highest BCUT2D eigenvalue weighted by Gasteiger charge is 2.01. The summed E-state index contributed by atoms with van der Waals surface area (Å²) in [6, 6.07) is 6.49. The molecule has 0 unspecified atom stereocenters. The second-order valence-corrected chi connectivity index (χ2v) is 2.35. The van der Waals surface area contributed by atoms with E-state index in [2.05, 4.69) is 5.92 Å². The first kappa shape index (κ1) is 8.51. The summed E-state index contributed by atoms with van der Waals surface area (Å²) in [5.41, 5.74) is 1.20. The second kappa shape index (κ2) is 3.70. The van der Waals surface area contributed by atoms with Crippen LogP contribution in [0.25, 0.3) is 0 Å². The molecule has 0 aromatic heterocycles. The lowest BCUT2D eigenvalue weighted by molar-refractivity contribution is 0.112. The fourth-order valence-electron chi connectivity index (χ4n) is 0.853. The number of terminal acetylenes is 1. The van der Waals surface area contributed by atoms with Crippen molar-refractivity contribution in [2.24, 2.45) is 0 Å². The fourth-order valence-corrected chi connectivity index (χ4v) is 0.853. The Balaban J connectivity index is 2.93. The van der Waals surface area contributed by atoms with E-state index < -0.39 is 6.10 Å². The van der Waals surface area contributed by atoms with Gasteiger partial charge in [0.1, 0.15) is 12.4 Å². The Morgan fingerprint density at radius 1 is 1.42 bits per heavy atom. The van der Waals surface area contributed by atoms with Gasteiger partial charge in [-0.25, -0.2) is 0 Å². The standard InChI is InChI=1S/C10H8O2/c1-2-10(12)9-5-3-8(7-11)4-6-9/h1,3-7,10,12H/t10-/m0/s1. The topological polar surface area (TPSA) is 37.3 Å². The Labute approximate surface area is 70.8 Å². The number of aliphatic hydroxyl groups is 1. The number of carbonyl (C=O) groups excluding carboxylic acids is 1. The van der Waals surface area contributed by atoms with E-state index in [1.807, 2.05) is 0 Å². The van der Waals surface area contributed by atoms with Crippen molar-refractivity contribution in [1.82, 2.24) is 0 Å². The molecule has 2 heteroatoms. The molecule has 0 fully saturated rings. The lowest BCUT2D eigenvalue weighted by Crippen LogP contribution is -1.92. The number of carbonyl (C=O) groups is 1. The van der Waals surface area contributed by atoms with E-state index in [-0.39, 0.29) is 0 Å². The molecule has 60 valence electrons. The van der Waals surface area contributed by atoms with E-state index in [1.54, 1.807) is 24.3 Å². The highest BCUT2D eigenvalue weighted by Crippen LogP contribution is 2.11. The average Bonchev–Trinajstić information content (AvgIpc) is 2.17. The number of aldehydes is 1. The summed E-state index contributed by atoms with van der Waals surface area (Å²) < 4.78 is 0. The van der Waals surface area contributed by atoms with E-state index in [4.69, 9.17) is 11.5 Å². The molecule has 1 aromatic carbocycles. The van der Waals surface area contributed by atoms with Crippen molar-refractivity contribution >= 4 is 6.29 Å². The van der Waals surface area contributed by atoms with Crippen LogP contribution < -0.4 is 0 Å². The smallest absolute Gasteiger partial charge is 0.150 e. The van der Waals surface area contributed by atoms with E-state index >= 15 is 0 Å². The maximum absolute atomic E-state index is 10.3. The Hall–Kier alpha value is -1.59. The third-order valence-corrected chi connectivity index (χ3v) is 1.55. The molecule has 0 bridgehead atoms. The van der Waals surface area contributed by atoms with Crippen LogP contribution in [0.4, 0.5) is 0 Å². The van der Waals surface area contributed by atoms with Gasteiger partial charge in [0, 0.05) is 5.56 Å². The van der Waals surface area contributed by atoms with Gasteiger partial charge in [-0.05, 0) is 5.56 Å². The molecule has 0 amide bonds. The van der Waals surface area contributed by atoms with Crippen molar-refractivity contribution < 1.29 is 9.90 Å². The normalized spacial score (nSPS) is 11.7. The van der Waals surface area contributed by atoms with E-state index in [1.165, 1.54) is 0 Å². The molecule has 0 radical (unpaired) electrons. The Morgan fingerprint density at radius 3 is 2.42 bits per heavy atom. The van der Waals surface area contributed by atoms with Gasteiger partial charge in [0.2, 0.25) is 0 Å². The van der Waals surface area contributed by atoms with Crippen LogP contribution in [-0.2, 0) is 0 Å². The largest absolute Gasteiger partial charge is 0.376 e. The highest BCUT2D eigenvalue weighted by molar-refractivity contribution is 5.74. The zero-order valence-corrected chi connectivity index (χ0v) is 6.40. The lowest BCUT2D eigenvalue weighted by atomic mass is 10.1. The minimum absolute atomic E-state index is 0.572. The maximum atomic E-state index is 10.3. The van der Waals surface area contributed by atoms with Crippen LogP contribution in [0.1, 0.15) is 22.0 Å². The maximum Gasteiger partial charge on any atom is 0.150 e. The van der Waals surface area contributed by atoms with E-state index in [0.29, 0.717) is 11.1 Å². The van der Waals surface area contributed by atoms with Crippen LogP contribution in [0.3, 0.4) is 0 Å². The molecule has 0 saturated carbocycles. The molecule has 1 rings (SSSR count). The third-order valence-electron chi connectivity index (χ3n) is 1.55. The second-order valence-electron chi connectivity index (χ2n) is 2.35. The van der Waals surface area contributed by atoms with Gasteiger partial charge in [-0.15, -0.1) is 6.42 Å². The SMILES string of the molecule is C#C[C@H](O)c1ccc(C=O)cc1. The minimum atomic E-state index is -0.884. The molecule has 12 heavy (non-hydrogen) atoms. The fraction of sp³-hybridized carbons (Fsp3) is 0.100. The number of aliphatic hydroxyl groups excluding tert-OH is 1. The van der Waals surface area contributed by atoms with Gasteiger partial charge in [0.05, 0.1) is 0 Å². The van der Waals surface area contributed by atoms with Crippen molar-refractivity contribution in [2.75, 3.05) is 0 Å². The highest BCUT2D eigenvalue weighted by atomic mass is 16.3. The Bertz CT molecular complexity index is 306. The molecule has 0 heterocycles. The van der Waals surface area contributed by atoms with Crippen molar-refractivity contribution in [3.8, 4) is 12.3 Å². The number of hydrogen-bond acceptors (Lipinski definition) is 2. The molecule has 0 aliphatic carbocycles. The summed E-state index contributed by atoms with van der Waals surface area (Å²) in [6.07, 6.45) is 4.86. The van der Waals surface area contributed by atoms with Crippen LogP contribution in [0.5, 0.6) is 0 Å². The van der Waals surface area contributed by atoms with Gasteiger partial charge in [-0.3, -0.25) is 4.79 Å². The molecule has 1 atom stereocenters. The summed E-state index contributed by atoms with van der Waals surface area (Å²) in [7, 11) is 0. The van der Waals surface area contributed by atoms with Crippen molar-refractivity contribution in [3.63, 3.8) is 0 Å². The monoisotopic (exact) mass is 160 g/mol. The van der Waals surface area contributed by atoms with E-state index in [0.717, 1.165) is 6.29 Å². The van der Waals surface area contributed by atoms with Crippen molar-refractivity contribution in [2.45, 2.75) is 6.10 Å².